The number of hydrogen-bond acceptors (Lipinski definition) is 8. The molecule has 4 rings (SSSR count). The number of hydrogen-bond donors (Lipinski definition) is 1. The molecule has 0 saturated carbocycles. The first-order valence-electron chi connectivity index (χ1n) is 10.8. The minimum absolute atomic E-state index is 0.0333. The molecule has 1 aliphatic heterocycles. The lowest BCUT2D eigenvalue weighted by Crippen LogP contribution is -2.48. The van der Waals surface area contributed by atoms with Gasteiger partial charge in [0.05, 0.1) is 31.1 Å². The van der Waals surface area contributed by atoms with Crippen molar-refractivity contribution >= 4 is 28.9 Å². The predicted molar refractivity (Wildman–Crippen MR) is 127 cm³/mol. The number of furan rings is 1. The maximum absolute atomic E-state index is 13.3. The van der Waals surface area contributed by atoms with Crippen LogP contribution in [0.2, 0.25) is 0 Å². The minimum Gasteiger partial charge on any atom is -0.493 e. The average molecular weight is 480 g/mol. The van der Waals surface area contributed by atoms with Crippen LogP contribution in [0.3, 0.4) is 0 Å². The third-order valence-electron chi connectivity index (χ3n) is 5.71. The molecule has 0 aliphatic carbocycles. The van der Waals surface area contributed by atoms with E-state index in [2.05, 4.69) is 10.2 Å². The zero-order valence-corrected chi connectivity index (χ0v) is 19.2. The average Bonchev–Trinajstić information content (AvgIpc) is 3.43. The highest BCUT2D eigenvalue weighted by Gasteiger charge is 2.25. The predicted octanol–water partition coefficient (Wildman–Crippen LogP) is 3.42. The molecule has 1 aromatic heterocycles. The van der Waals surface area contributed by atoms with Gasteiger partial charge in [-0.25, -0.2) is 0 Å². The number of non-ortho nitro benzene ring substituents is 1. The van der Waals surface area contributed by atoms with Crippen molar-refractivity contribution in [2.75, 3.05) is 50.6 Å². The molecule has 11 nitrogen and oxygen atoms in total. The zero-order chi connectivity index (χ0) is 24.9. The fraction of sp³-hybridized carbons (Fsp3) is 0.250. The van der Waals surface area contributed by atoms with Crippen LogP contribution in [0, 0.1) is 10.1 Å². The van der Waals surface area contributed by atoms with E-state index in [1.54, 1.807) is 35.2 Å². The van der Waals surface area contributed by atoms with Gasteiger partial charge in [-0.2, -0.15) is 0 Å². The van der Waals surface area contributed by atoms with Gasteiger partial charge < -0.3 is 29.0 Å². The van der Waals surface area contributed by atoms with Crippen LogP contribution in [0.5, 0.6) is 11.5 Å². The summed E-state index contributed by atoms with van der Waals surface area (Å²) in [5, 5.41) is 13.6. The number of nitrogens with zero attached hydrogens (tertiary/aromatic N) is 3. The fourth-order valence-electron chi connectivity index (χ4n) is 3.91. The number of nitro groups is 1. The van der Waals surface area contributed by atoms with E-state index >= 15 is 0 Å². The molecule has 1 fully saturated rings. The van der Waals surface area contributed by atoms with Crippen LogP contribution >= 0.6 is 0 Å². The van der Waals surface area contributed by atoms with Crippen molar-refractivity contribution in [2.24, 2.45) is 0 Å². The Kier molecular flexibility index (Phi) is 6.86. The molecule has 2 heterocycles. The van der Waals surface area contributed by atoms with E-state index in [4.69, 9.17) is 13.9 Å². The first-order valence-corrected chi connectivity index (χ1v) is 10.8. The Morgan fingerprint density at radius 1 is 1.03 bits per heavy atom. The standard InChI is InChI=1S/C24H24N4O7/c1-33-21-15-16(14-19(22(21)34-2)25-23(29)20-4-3-13-35-20)24(30)27-11-9-26(10-12-27)17-5-7-18(8-6-17)28(31)32/h3-8,13-15H,9-12H2,1-2H3,(H,25,29). The third kappa shape index (κ3) is 5.03. The molecular weight excluding hydrogens is 456 g/mol. The van der Waals surface area contributed by atoms with Crippen LogP contribution in [0.15, 0.2) is 59.2 Å². The molecule has 1 N–H and O–H groups in total. The van der Waals surface area contributed by atoms with E-state index in [1.807, 2.05) is 0 Å². The van der Waals surface area contributed by atoms with Gasteiger partial charge in [-0.15, -0.1) is 0 Å². The molecule has 0 radical (unpaired) electrons. The topological polar surface area (TPSA) is 127 Å². The molecule has 2 amide bonds. The molecule has 0 spiro atoms. The lowest BCUT2D eigenvalue weighted by atomic mass is 10.1. The zero-order valence-electron chi connectivity index (χ0n) is 19.2. The van der Waals surface area contributed by atoms with Gasteiger partial charge in [0.15, 0.2) is 17.3 Å². The van der Waals surface area contributed by atoms with E-state index in [0.29, 0.717) is 37.5 Å². The van der Waals surface area contributed by atoms with Gasteiger partial charge in [0.1, 0.15) is 0 Å². The Morgan fingerprint density at radius 2 is 1.74 bits per heavy atom. The summed E-state index contributed by atoms with van der Waals surface area (Å²) in [5.74, 6) is -0.00543. The highest BCUT2D eigenvalue weighted by atomic mass is 16.6. The highest BCUT2D eigenvalue weighted by molar-refractivity contribution is 6.05. The summed E-state index contributed by atoms with van der Waals surface area (Å²) in [6, 6.07) is 12.6. The van der Waals surface area contributed by atoms with Crippen molar-refractivity contribution in [3.63, 3.8) is 0 Å². The molecule has 0 unspecified atom stereocenters. The summed E-state index contributed by atoms with van der Waals surface area (Å²) in [6.07, 6.45) is 1.39. The van der Waals surface area contributed by atoms with Crippen molar-refractivity contribution in [1.82, 2.24) is 4.90 Å². The molecule has 35 heavy (non-hydrogen) atoms. The van der Waals surface area contributed by atoms with Crippen LogP contribution in [0.4, 0.5) is 17.1 Å². The Morgan fingerprint density at radius 3 is 2.31 bits per heavy atom. The number of methoxy groups -OCH3 is 2. The fourth-order valence-corrected chi connectivity index (χ4v) is 3.91. The number of benzene rings is 2. The lowest BCUT2D eigenvalue weighted by molar-refractivity contribution is -0.384. The van der Waals surface area contributed by atoms with Crippen LogP contribution in [0.1, 0.15) is 20.9 Å². The summed E-state index contributed by atoms with van der Waals surface area (Å²) in [7, 11) is 2.90. The monoisotopic (exact) mass is 480 g/mol. The van der Waals surface area contributed by atoms with E-state index in [0.717, 1.165) is 5.69 Å². The smallest absolute Gasteiger partial charge is 0.291 e. The number of carbonyl (C=O) groups excluding carboxylic acids is 2. The SMILES string of the molecule is COc1cc(C(=O)N2CCN(c3ccc([N+](=O)[O-])cc3)CC2)cc(NC(=O)c2ccco2)c1OC. The molecule has 1 aliphatic rings. The Bertz CT molecular complexity index is 1220. The summed E-state index contributed by atoms with van der Waals surface area (Å²) in [6.45, 7) is 2.05. The second-order valence-corrected chi connectivity index (χ2v) is 7.74. The molecule has 182 valence electrons. The molecule has 1 saturated heterocycles. The number of nitrogens with one attached hydrogen (secondary N) is 1. The van der Waals surface area contributed by atoms with E-state index < -0.39 is 10.8 Å². The Labute approximate surface area is 201 Å². The largest absolute Gasteiger partial charge is 0.493 e. The summed E-state index contributed by atoms with van der Waals surface area (Å²) < 4.78 is 15.9. The summed E-state index contributed by atoms with van der Waals surface area (Å²) in [4.78, 5) is 40.0. The van der Waals surface area contributed by atoms with Crippen molar-refractivity contribution in [1.29, 1.82) is 0 Å². The number of piperazine rings is 1. The first kappa shape index (κ1) is 23.6. The maximum atomic E-state index is 13.3. The van der Waals surface area contributed by atoms with Gasteiger partial charge in [-0.3, -0.25) is 19.7 Å². The number of anilines is 2. The molecule has 2 aromatic carbocycles. The quantitative estimate of drug-likeness (QED) is 0.403. The maximum Gasteiger partial charge on any atom is 0.291 e. The second-order valence-electron chi connectivity index (χ2n) is 7.74. The normalized spacial score (nSPS) is 13.3. The lowest BCUT2D eigenvalue weighted by Gasteiger charge is -2.36. The van der Waals surface area contributed by atoms with Gasteiger partial charge in [0, 0.05) is 49.6 Å². The molecule has 0 atom stereocenters. The van der Waals surface area contributed by atoms with E-state index in [-0.39, 0.29) is 28.8 Å². The van der Waals surface area contributed by atoms with E-state index in [9.17, 15) is 19.7 Å². The van der Waals surface area contributed by atoms with Crippen LogP contribution < -0.4 is 19.7 Å². The molecule has 0 bridgehead atoms. The van der Waals surface area contributed by atoms with Crippen LogP contribution in [-0.2, 0) is 0 Å². The van der Waals surface area contributed by atoms with Crippen molar-refractivity contribution in [2.45, 2.75) is 0 Å². The van der Waals surface area contributed by atoms with Gasteiger partial charge >= 0.3 is 0 Å². The van der Waals surface area contributed by atoms with Gasteiger partial charge in [-0.1, -0.05) is 0 Å². The number of ether oxygens (including phenoxy) is 2. The van der Waals surface area contributed by atoms with Gasteiger partial charge in [-0.05, 0) is 36.4 Å². The van der Waals surface area contributed by atoms with Crippen LogP contribution in [-0.4, -0.2) is 62.0 Å². The van der Waals surface area contributed by atoms with Crippen LogP contribution in [0.25, 0.3) is 0 Å². The third-order valence-corrected chi connectivity index (χ3v) is 5.71. The molecular formula is C24H24N4O7. The first-order chi connectivity index (χ1) is 16.9. The molecule has 11 heteroatoms. The number of nitro benzene ring substituents is 1. The number of amides is 2. The van der Waals surface area contributed by atoms with Crippen molar-refractivity contribution in [3.8, 4) is 11.5 Å². The van der Waals surface area contributed by atoms with Gasteiger partial charge in [0.25, 0.3) is 17.5 Å². The highest BCUT2D eigenvalue weighted by Crippen LogP contribution is 2.37. The van der Waals surface area contributed by atoms with Crippen molar-refractivity contribution < 1.29 is 28.4 Å². The minimum atomic E-state index is -0.489. The number of carbonyl (C=O) groups is 2. The summed E-state index contributed by atoms with van der Waals surface area (Å²) in [5.41, 5.74) is 1.50. The Hall–Kier alpha value is -4.54. The van der Waals surface area contributed by atoms with E-state index in [1.165, 1.54) is 38.7 Å². The Balaban J connectivity index is 1.50. The summed E-state index contributed by atoms with van der Waals surface area (Å²) >= 11 is 0. The number of rotatable bonds is 7. The van der Waals surface area contributed by atoms with Gasteiger partial charge in [0.2, 0.25) is 0 Å². The molecule has 3 aromatic rings. The second kappa shape index (κ2) is 10.2. The van der Waals surface area contributed by atoms with Crippen molar-refractivity contribution in [3.05, 3.63) is 76.2 Å².